The molecule has 0 fully saturated rings. The number of hydrogen-bond donors (Lipinski definition) is 1. The summed E-state index contributed by atoms with van der Waals surface area (Å²) >= 11 is 4.15. The van der Waals surface area contributed by atoms with E-state index in [1.54, 1.807) is 0 Å². The third kappa shape index (κ3) is 2.77. The van der Waals surface area contributed by atoms with Crippen molar-refractivity contribution in [3.63, 3.8) is 0 Å². The lowest BCUT2D eigenvalue weighted by molar-refractivity contribution is 1.16. The van der Waals surface area contributed by atoms with Crippen LogP contribution < -0.4 is 5.32 Å². The van der Waals surface area contributed by atoms with E-state index < -0.39 is 0 Å². The van der Waals surface area contributed by atoms with Gasteiger partial charge in [-0.1, -0.05) is 0 Å². The van der Waals surface area contributed by atoms with Crippen molar-refractivity contribution >= 4 is 39.6 Å². The van der Waals surface area contributed by atoms with E-state index in [0.717, 1.165) is 6.54 Å². The molecule has 1 heterocycles. The molecule has 2 rings (SSSR count). The van der Waals surface area contributed by atoms with Crippen LogP contribution in [0.5, 0.6) is 0 Å². The first-order valence-electron chi connectivity index (χ1n) is 5.20. The molecule has 0 unspecified atom stereocenters. The number of hydrogen-bond acceptors (Lipinski definition) is 2. The molecular weight excluding hydrogens is 329 g/mol. The second kappa shape index (κ2) is 5.19. The van der Waals surface area contributed by atoms with Crippen LogP contribution >= 0.6 is 33.9 Å². The number of nitrogens with one attached hydrogen (secondary N) is 1. The first kappa shape index (κ1) is 11.9. The molecule has 16 heavy (non-hydrogen) atoms. The fourth-order valence-corrected chi connectivity index (χ4v) is 3.08. The molecule has 1 aromatic carbocycles. The Kier molecular flexibility index (Phi) is 3.86. The first-order valence-corrected chi connectivity index (χ1v) is 7.15. The predicted octanol–water partition coefficient (Wildman–Crippen LogP) is 4.58. The monoisotopic (exact) mass is 343 g/mol. The van der Waals surface area contributed by atoms with E-state index in [1.807, 2.05) is 11.3 Å². The van der Waals surface area contributed by atoms with Gasteiger partial charge in [-0.25, -0.2) is 0 Å². The molecule has 1 N–H and O–H groups in total. The Morgan fingerprint density at radius 3 is 2.62 bits per heavy atom. The van der Waals surface area contributed by atoms with Gasteiger partial charge in [0, 0.05) is 20.7 Å². The number of anilines is 1. The summed E-state index contributed by atoms with van der Waals surface area (Å²) in [6.45, 7) is 5.23. The summed E-state index contributed by atoms with van der Waals surface area (Å²) in [6, 6.07) is 8.66. The van der Waals surface area contributed by atoms with E-state index in [2.05, 4.69) is 71.4 Å². The van der Waals surface area contributed by atoms with Crippen LogP contribution in [-0.4, -0.2) is 0 Å². The quantitative estimate of drug-likeness (QED) is 0.805. The second-order valence-electron chi connectivity index (χ2n) is 3.84. The van der Waals surface area contributed by atoms with Crippen molar-refractivity contribution in [1.82, 2.24) is 0 Å². The Morgan fingerprint density at radius 2 is 2.00 bits per heavy atom. The van der Waals surface area contributed by atoms with Crippen molar-refractivity contribution in [2.45, 2.75) is 20.4 Å². The smallest absolute Gasteiger partial charge is 0.0496 e. The molecule has 0 amide bonds. The van der Waals surface area contributed by atoms with Gasteiger partial charge in [-0.05, 0) is 77.2 Å². The van der Waals surface area contributed by atoms with Crippen molar-refractivity contribution in [2.24, 2.45) is 0 Å². The summed E-state index contributed by atoms with van der Waals surface area (Å²) in [5.74, 6) is 0. The van der Waals surface area contributed by atoms with E-state index in [1.165, 1.54) is 25.3 Å². The molecule has 0 saturated heterocycles. The van der Waals surface area contributed by atoms with Gasteiger partial charge in [0.15, 0.2) is 0 Å². The second-order valence-corrected chi connectivity index (χ2v) is 6.09. The van der Waals surface area contributed by atoms with Crippen LogP contribution in [0.1, 0.15) is 16.0 Å². The number of thiophene rings is 1. The lowest BCUT2D eigenvalue weighted by atomic mass is 10.2. The van der Waals surface area contributed by atoms with Gasteiger partial charge >= 0.3 is 0 Å². The minimum Gasteiger partial charge on any atom is -0.380 e. The van der Waals surface area contributed by atoms with Gasteiger partial charge in [-0.3, -0.25) is 0 Å². The maximum atomic E-state index is 3.49. The molecule has 1 nitrogen and oxygen atoms in total. The lowest BCUT2D eigenvalue weighted by Gasteiger charge is -2.09. The van der Waals surface area contributed by atoms with Gasteiger partial charge in [0.25, 0.3) is 0 Å². The minimum atomic E-state index is 0.922. The maximum absolute atomic E-state index is 3.49. The third-order valence-corrected chi connectivity index (χ3v) is 4.29. The fourth-order valence-electron chi connectivity index (χ4n) is 1.59. The van der Waals surface area contributed by atoms with E-state index in [0.29, 0.717) is 0 Å². The zero-order valence-electron chi connectivity index (χ0n) is 9.38. The standard InChI is InChI=1S/C13H14INS/c1-9-5-6-16-13(9)8-15-12-4-3-11(14)7-10(12)2/h3-7,15H,8H2,1-2H3. The molecule has 3 heteroatoms. The van der Waals surface area contributed by atoms with E-state index in [4.69, 9.17) is 0 Å². The zero-order chi connectivity index (χ0) is 11.5. The Balaban J connectivity index is 2.08. The average Bonchev–Trinajstić information content (AvgIpc) is 2.63. The highest BCUT2D eigenvalue weighted by molar-refractivity contribution is 14.1. The fraction of sp³-hybridized carbons (Fsp3) is 0.231. The predicted molar refractivity (Wildman–Crippen MR) is 80.3 cm³/mol. The topological polar surface area (TPSA) is 12.0 Å². The summed E-state index contributed by atoms with van der Waals surface area (Å²) in [7, 11) is 0. The highest BCUT2D eigenvalue weighted by Gasteiger charge is 2.01. The molecule has 0 saturated carbocycles. The van der Waals surface area contributed by atoms with E-state index in [9.17, 15) is 0 Å². The molecule has 0 aliphatic heterocycles. The molecule has 84 valence electrons. The maximum Gasteiger partial charge on any atom is 0.0496 e. The summed E-state index contributed by atoms with van der Waals surface area (Å²) in [4.78, 5) is 1.41. The third-order valence-electron chi connectivity index (χ3n) is 2.60. The molecule has 0 radical (unpaired) electrons. The average molecular weight is 343 g/mol. The first-order chi connectivity index (χ1) is 7.66. The van der Waals surface area contributed by atoms with E-state index >= 15 is 0 Å². The Hall–Kier alpha value is -0.550. The normalized spacial score (nSPS) is 10.4. The molecule has 0 spiro atoms. The van der Waals surface area contributed by atoms with Crippen LogP contribution in [0.2, 0.25) is 0 Å². The van der Waals surface area contributed by atoms with Crippen LogP contribution in [0, 0.1) is 17.4 Å². The Labute approximate surface area is 114 Å². The van der Waals surface area contributed by atoms with Gasteiger partial charge in [-0.2, -0.15) is 0 Å². The minimum absolute atomic E-state index is 0.922. The van der Waals surface area contributed by atoms with Crippen molar-refractivity contribution in [1.29, 1.82) is 0 Å². The molecule has 0 atom stereocenters. The molecule has 2 aromatic rings. The largest absolute Gasteiger partial charge is 0.380 e. The van der Waals surface area contributed by atoms with Gasteiger partial charge < -0.3 is 5.32 Å². The van der Waals surface area contributed by atoms with Gasteiger partial charge in [0.1, 0.15) is 0 Å². The Morgan fingerprint density at radius 1 is 1.19 bits per heavy atom. The number of benzene rings is 1. The Bertz CT molecular complexity index is 490. The number of rotatable bonds is 3. The van der Waals surface area contributed by atoms with Gasteiger partial charge in [-0.15, -0.1) is 11.3 Å². The van der Waals surface area contributed by atoms with Gasteiger partial charge in [0.2, 0.25) is 0 Å². The lowest BCUT2D eigenvalue weighted by Crippen LogP contribution is -2.00. The highest BCUT2D eigenvalue weighted by Crippen LogP contribution is 2.21. The van der Waals surface area contributed by atoms with Crippen molar-refractivity contribution < 1.29 is 0 Å². The van der Waals surface area contributed by atoms with Crippen LogP contribution in [-0.2, 0) is 6.54 Å². The van der Waals surface area contributed by atoms with Crippen LogP contribution in [0.25, 0.3) is 0 Å². The van der Waals surface area contributed by atoms with Crippen molar-refractivity contribution in [3.8, 4) is 0 Å². The SMILES string of the molecule is Cc1cc(I)ccc1NCc1sccc1C. The summed E-state index contributed by atoms with van der Waals surface area (Å²) in [5.41, 5.74) is 3.91. The molecular formula is C13H14INS. The number of aryl methyl sites for hydroxylation is 2. The van der Waals surface area contributed by atoms with Crippen LogP contribution in [0.15, 0.2) is 29.6 Å². The van der Waals surface area contributed by atoms with E-state index in [-0.39, 0.29) is 0 Å². The van der Waals surface area contributed by atoms with Crippen molar-refractivity contribution in [2.75, 3.05) is 5.32 Å². The van der Waals surface area contributed by atoms with Crippen LogP contribution in [0.3, 0.4) is 0 Å². The number of halogens is 1. The molecule has 0 bridgehead atoms. The molecule has 0 aliphatic rings. The summed E-state index contributed by atoms with van der Waals surface area (Å²) < 4.78 is 1.29. The van der Waals surface area contributed by atoms with Gasteiger partial charge in [0.05, 0.1) is 0 Å². The molecule has 0 aliphatic carbocycles. The van der Waals surface area contributed by atoms with Crippen LogP contribution in [0.4, 0.5) is 5.69 Å². The summed E-state index contributed by atoms with van der Waals surface area (Å²) in [5, 5.41) is 5.64. The summed E-state index contributed by atoms with van der Waals surface area (Å²) in [6.07, 6.45) is 0. The highest BCUT2D eigenvalue weighted by atomic mass is 127. The molecule has 1 aromatic heterocycles. The zero-order valence-corrected chi connectivity index (χ0v) is 12.4. The van der Waals surface area contributed by atoms with Crippen molar-refractivity contribution in [3.05, 3.63) is 49.2 Å².